The second-order valence-electron chi connectivity index (χ2n) is 5.93. The van der Waals surface area contributed by atoms with Crippen molar-refractivity contribution < 1.29 is 23.1 Å². The maximum absolute atomic E-state index is 12.2. The number of aliphatic hydroxyl groups excluding tert-OH is 1. The molecule has 6 heteroatoms. The molecule has 1 N–H and O–H groups in total. The Morgan fingerprint density at radius 3 is 2.50 bits per heavy atom. The molecule has 2 aliphatic rings. The van der Waals surface area contributed by atoms with Gasteiger partial charge in [0.25, 0.3) is 0 Å². The van der Waals surface area contributed by atoms with E-state index in [0.29, 0.717) is 6.54 Å². The van der Waals surface area contributed by atoms with Crippen molar-refractivity contribution in [2.75, 3.05) is 6.54 Å². The average Bonchev–Trinajstić information content (AvgIpc) is 2.84. The van der Waals surface area contributed by atoms with E-state index in [1.807, 2.05) is 0 Å². The second kappa shape index (κ2) is 6.33. The fourth-order valence-electron chi connectivity index (χ4n) is 3.53. The second-order valence-corrected chi connectivity index (χ2v) is 5.93. The van der Waals surface area contributed by atoms with Crippen molar-refractivity contribution in [3.8, 4) is 0 Å². The van der Waals surface area contributed by atoms with Gasteiger partial charge < -0.3 is 10.0 Å². The highest BCUT2D eigenvalue weighted by Crippen LogP contribution is 2.35. The number of carbonyl (C=O) groups is 1. The molecule has 1 aliphatic carbocycles. The van der Waals surface area contributed by atoms with Crippen LogP contribution in [0.5, 0.6) is 0 Å². The molecule has 0 aromatic rings. The molecule has 1 aliphatic heterocycles. The van der Waals surface area contributed by atoms with E-state index >= 15 is 0 Å². The van der Waals surface area contributed by atoms with Crippen LogP contribution in [0.3, 0.4) is 0 Å². The van der Waals surface area contributed by atoms with Gasteiger partial charge in [-0.05, 0) is 25.7 Å². The minimum atomic E-state index is -4.28. The van der Waals surface area contributed by atoms with Gasteiger partial charge in [0, 0.05) is 24.9 Å². The Bertz CT molecular complexity index is 346. The van der Waals surface area contributed by atoms with Crippen molar-refractivity contribution in [3.63, 3.8) is 0 Å². The minimum Gasteiger partial charge on any atom is -0.393 e. The number of likely N-dealkylation sites (tertiary alicyclic amines) is 1. The van der Waals surface area contributed by atoms with Crippen molar-refractivity contribution in [1.82, 2.24) is 4.90 Å². The van der Waals surface area contributed by atoms with Crippen molar-refractivity contribution in [2.24, 2.45) is 5.92 Å². The summed E-state index contributed by atoms with van der Waals surface area (Å²) in [5.41, 5.74) is 0. The van der Waals surface area contributed by atoms with E-state index in [-0.39, 0.29) is 12.0 Å². The lowest BCUT2D eigenvalue weighted by atomic mass is 9.80. The third-order valence-electron chi connectivity index (χ3n) is 4.52. The van der Waals surface area contributed by atoms with Gasteiger partial charge in [0.2, 0.25) is 5.91 Å². The SMILES string of the molecule is O=C(CCC(F)(F)F)N1CCCC1C1CCCCC1O. The first kappa shape index (κ1) is 15.6. The van der Waals surface area contributed by atoms with Gasteiger partial charge in [-0.1, -0.05) is 12.8 Å². The smallest absolute Gasteiger partial charge is 0.389 e. The summed E-state index contributed by atoms with van der Waals surface area (Å²) in [6, 6.07) is -0.0639. The number of hydrogen-bond donors (Lipinski definition) is 1. The van der Waals surface area contributed by atoms with Crippen LogP contribution in [-0.4, -0.2) is 40.8 Å². The number of carbonyl (C=O) groups excluding carboxylic acids is 1. The quantitative estimate of drug-likeness (QED) is 0.869. The Morgan fingerprint density at radius 1 is 1.15 bits per heavy atom. The van der Waals surface area contributed by atoms with E-state index in [2.05, 4.69) is 0 Å². The Morgan fingerprint density at radius 2 is 1.85 bits per heavy atom. The first-order valence-electron chi connectivity index (χ1n) is 7.43. The highest BCUT2D eigenvalue weighted by molar-refractivity contribution is 5.76. The summed E-state index contributed by atoms with van der Waals surface area (Å²) >= 11 is 0. The summed E-state index contributed by atoms with van der Waals surface area (Å²) in [4.78, 5) is 13.6. The highest BCUT2D eigenvalue weighted by atomic mass is 19.4. The lowest BCUT2D eigenvalue weighted by Gasteiger charge is -2.37. The van der Waals surface area contributed by atoms with Crippen LogP contribution in [0, 0.1) is 5.92 Å². The normalized spacial score (nSPS) is 31.6. The Labute approximate surface area is 117 Å². The van der Waals surface area contributed by atoms with Crippen LogP contribution in [-0.2, 0) is 4.79 Å². The van der Waals surface area contributed by atoms with Crippen LogP contribution in [0.25, 0.3) is 0 Å². The number of aliphatic hydroxyl groups is 1. The van der Waals surface area contributed by atoms with E-state index in [0.717, 1.165) is 38.5 Å². The van der Waals surface area contributed by atoms with Crippen LogP contribution in [0.4, 0.5) is 13.2 Å². The molecule has 3 unspecified atom stereocenters. The highest BCUT2D eigenvalue weighted by Gasteiger charge is 2.39. The number of rotatable bonds is 3. The van der Waals surface area contributed by atoms with E-state index < -0.39 is 31.0 Å². The van der Waals surface area contributed by atoms with Gasteiger partial charge in [-0.25, -0.2) is 0 Å². The van der Waals surface area contributed by atoms with Crippen molar-refractivity contribution >= 4 is 5.91 Å². The molecule has 0 radical (unpaired) electrons. The third kappa shape index (κ3) is 3.87. The maximum atomic E-state index is 12.2. The molecule has 1 saturated heterocycles. The summed E-state index contributed by atoms with van der Waals surface area (Å²) in [6.45, 7) is 0.532. The molecule has 116 valence electrons. The summed E-state index contributed by atoms with van der Waals surface area (Å²) in [6.07, 6.45) is -0.953. The number of amides is 1. The van der Waals surface area contributed by atoms with E-state index in [1.54, 1.807) is 4.90 Å². The van der Waals surface area contributed by atoms with Gasteiger partial charge in [-0.3, -0.25) is 4.79 Å². The van der Waals surface area contributed by atoms with Crippen LogP contribution in [0.2, 0.25) is 0 Å². The molecular formula is C14H22F3NO2. The largest absolute Gasteiger partial charge is 0.393 e. The van der Waals surface area contributed by atoms with Crippen LogP contribution in [0.15, 0.2) is 0 Å². The van der Waals surface area contributed by atoms with Gasteiger partial charge in [-0.15, -0.1) is 0 Å². The maximum Gasteiger partial charge on any atom is 0.389 e. The molecule has 20 heavy (non-hydrogen) atoms. The number of halogens is 3. The lowest BCUT2D eigenvalue weighted by molar-refractivity contribution is -0.150. The average molecular weight is 293 g/mol. The predicted molar refractivity (Wildman–Crippen MR) is 68.0 cm³/mol. The fourth-order valence-corrected chi connectivity index (χ4v) is 3.53. The molecule has 3 atom stereocenters. The Balaban J connectivity index is 1.94. The van der Waals surface area contributed by atoms with Crippen molar-refractivity contribution in [3.05, 3.63) is 0 Å². The van der Waals surface area contributed by atoms with E-state index in [4.69, 9.17) is 0 Å². The first-order chi connectivity index (χ1) is 9.38. The van der Waals surface area contributed by atoms with Crippen LogP contribution < -0.4 is 0 Å². The van der Waals surface area contributed by atoms with Gasteiger partial charge in [0.1, 0.15) is 0 Å². The monoisotopic (exact) mass is 293 g/mol. The van der Waals surface area contributed by atoms with Crippen molar-refractivity contribution in [1.29, 1.82) is 0 Å². The van der Waals surface area contributed by atoms with Gasteiger partial charge in [-0.2, -0.15) is 13.2 Å². The summed E-state index contributed by atoms with van der Waals surface area (Å²) in [5.74, 6) is -0.372. The molecule has 0 aromatic carbocycles. The molecule has 1 heterocycles. The number of alkyl halides is 3. The van der Waals surface area contributed by atoms with Crippen LogP contribution in [0.1, 0.15) is 51.4 Å². The predicted octanol–water partition coefficient (Wildman–Crippen LogP) is 2.87. The molecule has 0 aromatic heterocycles. The first-order valence-corrected chi connectivity index (χ1v) is 7.43. The van der Waals surface area contributed by atoms with Gasteiger partial charge >= 0.3 is 6.18 Å². The zero-order valence-electron chi connectivity index (χ0n) is 11.5. The summed E-state index contributed by atoms with van der Waals surface area (Å²) in [7, 11) is 0. The molecular weight excluding hydrogens is 271 g/mol. The lowest BCUT2D eigenvalue weighted by Crippen LogP contribution is -2.45. The van der Waals surface area contributed by atoms with Gasteiger partial charge in [0.05, 0.1) is 12.5 Å². The van der Waals surface area contributed by atoms with Crippen LogP contribution >= 0.6 is 0 Å². The zero-order chi connectivity index (χ0) is 14.8. The van der Waals surface area contributed by atoms with Gasteiger partial charge in [0.15, 0.2) is 0 Å². The summed E-state index contributed by atoms with van der Waals surface area (Å²) in [5, 5.41) is 10.1. The Kier molecular flexibility index (Phi) is 4.94. The molecule has 1 saturated carbocycles. The molecule has 0 bridgehead atoms. The minimum absolute atomic E-state index is 0.0427. The third-order valence-corrected chi connectivity index (χ3v) is 4.52. The molecule has 2 rings (SSSR count). The zero-order valence-corrected chi connectivity index (χ0v) is 11.5. The topological polar surface area (TPSA) is 40.5 Å². The molecule has 0 spiro atoms. The molecule has 1 amide bonds. The number of nitrogens with zero attached hydrogens (tertiary/aromatic N) is 1. The standard InChI is InChI=1S/C14H22F3NO2/c15-14(16,17)8-7-13(20)18-9-3-5-11(18)10-4-1-2-6-12(10)19/h10-12,19H,1-9H2. The molecule has 3 nitrogen and oxygen atoms in total. The fraction of sp³-hybridized carbons (Fsp3) is 0.929. The van der Waals surface area contributed by atoms with Crippen molar-refractivity contribution in [2.45, 2.75) is 69.7 Å². The van der Waals surface area contributed by atoms with E-state index in [1.165, 1.54) is 0 Å². The van der Waals surface area contributed by atoms with E-state index in [9.17, 15) is 23.1 Å². The summed E-state index contributed by atoms with van der Waals surface area (Å²) < 4.78 is 36.6. The Hall–Kier alpha value is -0.780. The molecule has 2 fully saturated rings. The number of hydrogen-bond acceptors (Lipinski definition) is 2.